The van der Waals surface area contributed by atoms with E-state index in [2.05, 4.69) is 43.8 Å². The number of cyclic esters (lactones) is 1. The lowest BCUT2D eigenvalue weighted by atomic mass is 10.2. The number of carbonyl (C=O) groups excluding carboxylic acids is 1. The van der Waals surface area contributed by atoms with Gasteiger partial charge in [-0.15, -0.1) is 0 Å². The van der Waals surface area contributed by atoms with Crippen LogP contribution in [0.3, 0.4) is 0 Å². The third-order valence-corrected chi connectivity index (χ3v) is 9.75. The Balaban J connectivity index is 1.59. The van der Waals surface area contributed by atoms with Crippen molar-refractivity contribution in [3.63, 3.8) is 0 Å². The van der Waals surface area contributed by atoms with Gasteiger partial charge in [0, 0.05) is 19.2 Å². The molecule has 26 heavy (non-hydrogen) atoms. The highest BCUT2D eigenvalue weighted by Gasteiger charge is 2.38. The lowest BCUT2D eigenvalue weighted by Gasteiger charge is -2.36. The van der Waals surface area contributed by atoms with E-state index >= 15 is 0 Å². The fourth-order valence-corrected chi connectivity index (χ4v) is 3.61. The average molecular weight is 378 g/mol. The highest BCUT2D eigenvalue weighted by Crippen LogP contribution is 2.37. The lowest BCUT2D eigenvalue weighted by molar-refractivity contribution is 0.123. The zero-order valence-corrected chi connectivity index (χ0v) is 17.1. The largest absolute Gasteiger partial charge is 0.484 e. The Labute approximate surface area is 155 Å². The summed E-state index contributed by atoms with van der Waals surface area (Å²) < 4.78 is 17.1. The molecule has 1 fully saturated rings. The van der Waals surface area contributed by atoms with Gasteiger partial charge in [0.1, 0.15) is 18.5 Å². The van der Waals surface area contributed by atoms with Gasteiger partial charge in [-0.25, -0.2) is 14.8 Å². The van der Waals surface area contributed by atoms with Crippen molar-refractivity contribution in [2.24, 2.45) is 4.99 Å². The number of aromatic nitrogens is 1. The Morgan fingerprint density at radius 1 is 1.35 bits per heavy atom. The molecule has 0 saturated carbocycles. The van der Waals surface area contributed by atoms with E-state index in [1.54, 1.807) is 23.2 Å². The van der Waals surface area contributed by atoms with Crippen molar-refractivity contribution in [1.82, 2.24) is 4.98 Å². The topological polar surface area (TPSA) is 73.3 Å². The zero-order chi connectivity index (χ0) is 18.9. The number of hydrogen-bond acceptors (Lipinski definition) is 6. The Morgan fingerprint density at radius 2 is 2.12 bits per heavy atom. The van der Waals surface area contributed by atoms with Gasteiger partial charge in [0.2, 0.25) is 0 Å². The molecule has 1 saturated heterocycles. The van der Waals surface area contributed by atoms with Crippen LogP contribution in [0.2, 0.25) is 18.1 Å². The maximum atomic E-state index is 12.2. The molecule has 2 aliphatic heterocycles. The summed E-state index contributed by atoms with van der Waals surface area (Å²) >= 11 is 0. The van der Waals surface area contributed by atoms with Crippen molar-refractivity contribution in [2.75, 3.05) is 24.7 Å². The lowest BCUT2D eigenvalue weighted by Crippen LogP contribution is -2.41. The quantitative estimate of drug-likeness (QED) is 0.727. The first kappa shape index (κ1) is 18.8. The molecule has 1 unspecified atom stereocenters. The molecule has 0 spiro atoms. The average Bonchev–Trinajstić information content (AvgIpc) is 2.94. The number of anilines is 1. The molecule has 1 aromatic rings. The third kappa shape index (κ3) is 3.91. The first-order chi connectivity index (χ1) is 12.2. The SMILES string of the molecule is CC(C)(C)[Si](C)(C)OCCC1CN(c2ccc3c(n2)N=CCO3)C(=O)O1. The summed E-state index contributed by atoms with van der Waals surface area (Å²) in [6.07, 6.45) is 1.77. The van der Waals surface area contributed by atoms with Crippen LogP contribution in [-0.2, 0) is 9.16 Å². The minimum Gasteiger partial charge on any atom is -0.484 e. The zero-order valence-electron chi connectivity index (χ0n) is 16.1. The highest BCUT2D eigenvalue weighted by atomic mass is 28.4. The Kier molecular flexibility index (Phi) is 5.07. The van der Waals surface area contributed by atoms with E-state index in [0.29, 0.717) is 43.6 Å². The maximum Gasteiger partial charge on any atom is 0.415 e. The molecule has 8 heteroatoms. The second kappa shape index (κ2) is 7.00. The van der Waals surface area contributed by atoms with Crippen LogP contribution in [0.5, 0.6) is 5.75 Å². The Bertz CT molecular complexity index is 715. The van der Waals surface area contributed by atoms with Gasteiger partial charge < -0.3 is 13.9 Å². The van der Waals surface area contributed by atoms with E-state index in [1.165, 1.54) is 0 Å². The maximum absolute atomic E-state index is 12.2. The summed E-state index contributed by atoms with van der Waals surface area (Å²) in [6, 6.07) is 3.55. The number of amides is 1. The molecule has 142 valence electrons. The summed E-state index contributed by atoms with van der Waals surface area (Å²) in [5.41, 5.74) is 0. The monoisotopic (exact) mass is 377 g/mol. The van der Waals surface area contributed by atoms with Crippen molar-refractivity contribution in [3.8, 4) is 5.75 Å². The number of carbonyl (C=O) groups is 1. The number of aliphatic imine (C=N–C) groups is 1. The summed E-state index contributed by atoms with van der Waals surface area (Å²) in [6.45, 7) is 12.6. The van der Waals surface area contributed by atoms with Crippen LogP contribution >= 0.6 is 0 Å². The van der Waals surface area contributed by atoms with Gasteiger partial charge in [0.25, 0.3) is 0 Å². The van der Waals surface area contributed by atoms with Gasteiger partial charge in [0.05, 0.1) is 6.54 Å². The molecule has 7 nitrogen and oxygen atoms in total. The second-order valence-electron chi connectivity index (χ2n) is 8.13. The summed E-state index contributed by atoms with van der Waals surface area (Å²) in [7, 11) is -1.79. The van der Waals surface area contributed by atoms with Crippen molar-refractivity contribution in [3.05, 3.63) is 12.1 Å². The normalized spacial score (nSPS) is 20.0. The molecule has 3 heterocycles. The van der Waals surface area contributed by atoms with E-state index in [9.17, 15) is 4.79 Å². The van der Waals surface area contributed by atoms with Gasteiger partial charge in [-0.1, -0.05) is 20.8 Å². The van der Waals surface area contributed by atoms with Gasteiger partial charge in [-0.3, -0.25) is 4.90 Å². The van der Waals surface area contributed by atoms with E-state index in [4.69, 9.17) is 13.9 Å². The molecule has 0 radical (unpaired) electrons. The van der Waals surface area contributed by atoms with Gasteiger partial charge in [0.15, 0.2) is 19.9 Å². The minimum atomic E-state index is -1.79. The Hall–Kier alpha value is -1.93. The van der Waals surface area contributed by atoms with Crippen LogP contribution in [0.1, 0.15) is 27.2 Å². The van der Waals surface area contributed by atoms with Crippen molar-refractivity contribution >= 4 is 32.3 Å². The van der Waals surface area contributed by atoms with E-state index in [1.807, 2.05) is 0 Å². The predicted octanol–water partition coefficient (Wildman–Crippen LogP) is 3.91. The first-order valence-electron chi connectivity index (χ1n) is 8.96. The first-order valence-corrected chi connectivity index (χ1v) is 11.9. The van der Waals surface area contributed by atoms with E-state index < -0.39 is 8.32 Å². The number of fused-ring (bicyclic) bond motifs is 1. The van der Waals surface area contributed by atoms with Crippen LogP contribution in [0.15, 0.2) is 17.1 Å². The molecule has 0 aromatic carbocycles. The molecule has 0 N–H and O–H groups in total. The number of nitrogens with zero attached hydrogens (tertiary/aromatic N) is 3. The fourth-order valence-electron chi connectivity index (χ4n) is 2.55. The summed E-state index contributed by atoms with van der Waals surface area (Å²) in [4.78, 5) is 22.4. The van der Waals surface area contributed by atoms with Gasteiger partial charge in [-0.2, -0.15) is 0 Å². The van der Waals surface area contributed by atoms with Crippen LogP contribution in [0, 0.1) is 0 Å². The fraction of sp³-hybridized carbons (Fsp3) is 0.611. The number of ether oxygens (including phenoxy) is 2. The molecule has 2 aliphatic rings. The molecular weight excluding hydrogens is 350 g/mol. The molecule has 0 bridgehead atoms. The highest BCUT2D eigenvalue weighted by molar-refractivity contribution is 6.74. The third-order valence-electron chi connectivity index (χ3n) is 5.21. The van der Waals surface area contributed by atoms with Crippen molar-refractivity contribution < 1.29 is 18.7 Å². The van der Waals surface area contributed by atoms with Crippen LogP contribution in [-0.4, -0.2) is 51.5 Å². The van der Waals surface area contributed by atoms with Crippen LogP contribution in [0.25, 0.3) is 0 Å². The van der Waals surface area contributed by atoms with Crippen molar-refractivity contribution in [1.29, 1.82) is 0 Å². The smallest absolute Gasteiger partial charge is 0.415 e. The number of pyridine rings is 1. The van der Waals surface area contributed by atoms with Crippen molar-refractivity contribution in [2.45, 2.75) is 51.4 Å². The summed E-state index contributed by atoms with van der Waals surface area (Å²) in [5.74, 6) is 1.65. The molecule has 3 rings (SSSR count). The van der Waals surface area contributed by atoms with Crippen LogP contribution in [0.4, 0.5) is 16.4 Å². The van der Waals surface area contributed by atoms with E-state index in [-0.39, 0.29) is 17.2 Å². The molecule has 1 amide bonds. The van der Waals surface area contributed by atoms with Crippen LogP contribution < -0.4 is 9.64 Å². The van der Waals surface area contributed by atoms with Gasteiger partial charge in [-0.05, 0) is 30.3 Å². The predicted molar refractivity (Wildman–Crippen MR) is 103 cm³/mol. The number of rotatable bonds is 5. The standard InChI is InChI=1S/C18H27N3O4Si/c1-18(2,3)26(4,5)24-10-8-13-12-21(17(22)25-13)15-7-6-14-16(20-15)19-9-11-23-14/h6-7,9,13H,8,10-12H2,1-5H3. The van der Waals surface area contributed by atoms with Gasteiger partial charge >= 0.3 is 6.09 Å². The summed E-state index contributed by atoms with van der Waals surface area (Å²) in [5, 5.41) is 0.168. The molecule has 0 aliphatic carbocycles. The minimum absolute atomic E-state index is 0.168. The number of hydrogen-bond donors (Lipinski definition) is 0. The molecule has 1 atom stereocenters. The molecule has 1 aromatic heterocycles. The Morgan fingerprint density at radius 3 is 2.85 bits per heavy atom. The van der Waals surface area contributed by atoms with E-state index in [0.717, 1.165) is 0 Å². The second-order valence-corrected chi connectivity index (χ2v) is 12.9. The molecular formula is C18H27N3O4Si.